The molecule has 2 aromatic carbocycles. The summed E-state index contributed by atoms with van der Waals surface area (Å²) in [5.41, 5.74) is 4.96. The van der Waals surface area contributed by atoms with Gasteiger partial charge in [0.05, 0.1) is 11.6 Å². The summed E-state index contributed by atoms with van der Waals surface area (Å²) < 4.78 is 15.1. The monoisotopic (exact) mass is 419 g/mol. The van der Waals surface area contributed by atoms with Crippen molar-refractivity contribution in [2.75, 3.05) is 7.11 Å². The fourth-order valence-electron chi connectivity index (χ4n) is 5.31. The number of benzene rings is 2. The van der Waals surface area contributed by atoms with Crippen molar-refractivity contribution in [2.45, 2.75) is 65.9 Å². The summed E-state index contributed by atoms with van der Waals surface area (Å²) in [5.74, 6) is 1.61. The molecule has 3 heteroatoms. The lowest BCUT2D eigenvalue weighted by molar-refractivity contribution is -0.166. The van der Waals surface area contributed by atoms with Crippen LogP contribution in [0.1, 0.15) is 70.1 Å². The molecule has 0 aliphatic carbocycles. The highest BCUT2D eigenvalue weighted by Gasteiger charge is 2.39. The number of aryl methyl sites for hydroxylation is 1. The van der Waals surface area contributed by atoms with Gasteiger partial charge in [-0.25, -0.2) is 0 Å². The average Bonchev–Trinajstić information content (AvgIpc) is 3.18. The van der Waals surface area contributed by atoms with E-state index in [0.717, 1.165) is 12.8 Å². The van der Waals surface area contributed by atoms with E-state index in [-0.39, 0.29) is 12.3 Å². The number of ether oxygens (including phenoxy) is 2. The molecule has 166 valence electrons. The molecule has 6 atom stereocenters. The van der Waals surface area contributed by atoms with Gasteiger partial charge in [-0.05, 0) is 41.9 Å². The van der Waals surface area contributed by atoms with Crippen molar-refractivity contribution in [3.05, 3.63) is 71.4 Å². The Bertz CT molecular complexity index is 1000. The number of rotatable bonds is 6. The topological polar surface area (TPSA) is 23.4 Å². The fraction of sp³-hybridized carbons (Fsp3) is 0.500. The molecule has 2 heterocycles. The summed E-state index contributed by atoms with van der Waals surface area (Å²) in [7, 11) is 1.81. The quantitative estimate of drug-likeness (QED) is 0.423. The molecule has 0 amide bonds. The molecule has 0 N–H and O–H groups in total. The van der Waals surface area contributed by atoms with Gasteiger partial charge in [-0.1, -0.05) is 77.1 Å². The largest absolute Gasteiger partial charge is 0.372 e. The number of hydrogen-bond donors (Lipinski definition) is 0. The maximum absolute atomic E-state index is 6.71. The van der Waals surface area contributed by atoms with Gasteiger partial charge in [0, 0.05) is 30.2 Å². The van der Waals surface area contributed by atoms with Crippen molar-refractivity contribution in [1.82, 2.24) is 4.57 Å². The van der Waals surface area contributed by atoms with E-state index >= 15 is 0 Å². The Balaban J connectivity index is 1.80. The molecule has 4 rings (SSSR count). The normalized spacial score (nSPS) is 27.5. The molecule has 0 spiro atoms. The van der Waals surface area contributed by atoms with Gasteiger partial charge in [0.25, 0.3) is 0 Å². The molecule has 0 radical (unpaired) electrons. The third-order valence-electron chi connectivity index (χ3n) is 7.67. The predicted octanol–water partition coefficient (Wildman–Crippen LogP) is 7.16. The van der Waals surface area contributed by atoms with Gasteiger partial charge in [-0.3, -0.25) is 0 Å². The first-order valence-corrected chi connectivity index (χ1v) is 11.9. The molecular weight excluding hydrogens is 382 g/mol. The zero-order chi connectivity index (χ0) is 22.1. The number of nitrogens with zero attached hydrogens (tertiary/aromatic N) is 1. The minimum atomic E-state index is -0.103. The van der Waals surface area contributed by atoms with E-state index in [1.165, 1.54) is 27.6 Å². The van der Waals surface area contributed by atoms with Gasteiger partial charge in [-0.2, -0.15) is 0 Å². The molecule has 0 saturated carbocycles. The summed E-state index contributed by atoms with van der Waals surface area (Å²) in [6.45, 7) is 11.5. The molecule has 1 aromatic heterocycles. The Hall–Kier alpha value is -2.10. The SMILES string of the molecule is CCc1ccc(C(OC)c2cn([C@@H]3O[C@H](CC)[C@@H](C)[C@H](C)[C@H]3C)c3ccccc23)cc1. The summed E-state index contributed by atoms with van der Waals surface area (Å²) >= 11 is 0. The summed E-state index contributed by atoms with van der Waals surface area (Å²) in [4.78, 5) is 0. The molecule has 3 nitrogen and oxygen atoms in total. The Kier molecular flexibility index (Phi) is 6.55. The van der Waals surface area contributed by atoms with Crippen molar-refractivity contribution < 1.29 is 9.47 Å². The molecular formula is C28H37NO2. The average molecular weight is 420 g/mol. The molecule has 1 fully saturated rings. The first-order valence-electron chi connectivity index (χ1n) is 11.9. The van der Waals surface area contributed by atoms with Crippen molar-refractivity contribution >= 4 is 10.9 Å². The van der Waals surface area contributed by atoms with E-state index in [1.54, 1.807) is 7.11 Å². The van der Waals surface area contributed by atoms with Crippen molar-refractivity contribution in [1.29, 1.82) is 0 Å². The van der Waals surface area contributed by atoms with E-state index in [4.69, 9.17) is 9.47 Å². The predicted molar refractivity (Wildman–Crippen MR) is 128 cm³/mol. The van der Waals surface area contributed by atoms with Gasteiger partial charge in [0.15, 0.2) is 0 Å². The van der Waals surface area contributed by atoms with Gasteiger partial charge < -0.3 is 14.0 Å². The Labute approximate surface area is 187 Å². The molecule has 0 bridgehead atoms. The molecule has 1 aliphatic heterocycles. The maximum atomic E-state index is 6.71. The van der Waals surface area contributed by atoms with Crippen LogP contribution >= 0.6 is 0 Å². The molecule has 1 saturated heterocycles. The zero-order valence-electron chi connectivity index (χ0n) is 19.8. The van der Waals surface area contributed by atoms with Crippen LogP contribution in [-0.4, -0.2) is 17.8 Å². The molecule has 31 heavy (non-hydrogen) atoms. The van der Waals surface area contributed by atoms with Crippen molar-refractivity contribution in [3.8, 4) is 0 Å². The van der Waals surface area contributed by atoms with Crippen LogP contribution in [0.5, 0.6) is 0 Å². The lowest BCUT2D eigenvalue weighted by Crippen LogP contribution is -2.42. The number of hydrogen-bond acceptors (Lipinski definition) is 2. The van der Waals surface area contributed by atoms with Gasteiger partial charge >= 0.3 is 0 Å². The Morgan fingerprint density at radius 1 is 0.935 bits per heavy atom. The number of fused-ring (bicyclic) bond motifs is 1. The van der Waals surface area contributed by atoms with Crippen LogP contribution in [0.15, 0.2) is 54.7 Å². The lowest BCUT2D eigenvalue weighted by atomic mass is 9.77. The summed E-state index contributed by atoms with van der Waals surface area (Å²) in [6, 6.07) is 17.5. The second-order valence-corrected chi connectivity index (χ2v) is 9.27. The van der Waals surface area contributed by atoms with E-state index < -0.39 is 0 Å². The van der Waals surface area contributed by atoms with E-state index in [0.29, 0.717) is 23.9 Å². The molecule has 3 aromatic rings. The Morgan fingerprint density at radius 3 is 2.29 bits per heavy atom. The minimum absolute atomic E-state index is 0.0368. The smallest absolute Gasteiger partial charge is 0.137 e. The maximum Gasteiger partial charge on any atom is 0.137 e. The van der Waals surface area contributed by atoms with Crippen LogP contribution in [0, 0.1) is 17.8 Å². The second kappa shape index (κ2) is 9.18. The minimum Gasteiger partial charge on any atom is -0.372 e. The highest BCUT2D eigenvalue weighted by atomic mass is 16.5. The summed E-state index contributed by atoms with van der Waals surface area (Å²) in [5, 5.41) is 1.24. The van der Waals surface area contributed by atoms with Crippen LogP contribution in [0.2, 0.25) is 0 Å². The van der Waals surface area contributed by atoms with E-state index in [9.17, 15) is 0 Å². The van der Waals surface area contributed by atoms with Crippen LogP contribution in [0.25, 0.3) is 10.9 Å². The van der Waals surface area contributed by atoms with Crippen LogP contribution in [0.4, 0.5) is 0 Å². The first-order chi connectivity index (χ1) is 15.0. The lowest BCUT2D eigenvalue weighted by Gasteiger charge is -2.44. The Morgan fingerprint density at radius 2 is 1.65 bits per heavy atom. The van der Waals surface area contributed by atoms with Crippen LogP contribution in [-0.2, 0) is 15.9 Å². The second-order valence-electron chi connectivity index (χ2n) is 9.27. The first kappa shape index (κ1) is 22.1. The van der Waals surface area contributed by atoms with E-state index in [1.807, 2.05) is 0 Å². The molecule has 1 unspecified atom stereocenters. The standard InChI is InChI=1S/C28H37NO2/c1-7-21-13-15-22(16-14-21)27(30-6)24-17-29(25-12-10-9-11-23(24)25)28-20(5)18(3)19(4)26(8-2)31-28/h9-20,26-28H,7-8H2,1-6H3/t18-,19-,20+,26+,27?,28+/m0/s1. The fourth-order valence-corrected chi connectivity index (χ4v) is 5.31. The van der Waals surface area contributed by atoms with Crippen molar-refractivity contribution in [3.63, 3.8) is 0 Å². The van der Waals surface area contributed by atoms with Crippen LogP contribution in [0.3, 0.4) is 0 Å². The number of para-hydroxylation sites is 1. The zero-order valence-corrected chi connectivity index (χ0v) is 19.8. The van der Waals surface area contributed by atoms with Crippen molar-refractivity contribution in [2.24, 2.45) is 17.8 Å². The summed E-state index contributed by atoms with van der Waals surface area (Å²) in [6.07, 6.45) is 4.60. The molecule has 1 aliphatic rings. The highest BCUT2D eigenvalue weighted by molar-refractivity contribution is 5.85. The number of aromatic nitrogens is 1. The number of methoxy groups -OCH3 is 1. The van der Waals surface area contributed by atoms with Gasteiger partial charge in [-0.15, -0.1) is 0 Å². The third-order valence-corrected chi connectivity index (χ3v) is 7.67. The van der Waals surface area contributed by atoms with E-state index in [2.05, 4.69) is 93.9 Å². The van der Waals surface area contributed by atoms with Crippen LogP contribution < -0.4 is 0 Å². The third kappa shape index (κ3) is 3.94. The van der Waals surface area contributed by atoms with Gasteiger partial charge in [0.1, 0.15) is 12.3 Å². The van der Waals surface area contributed by atoms with Gasteiger partial charge in [0.2, 0.25) is 0 Å². The highest BCUT2D eigenvalue weighted by Crippen LogP contribution is 2.44.